The third kappa shape index (κ3) is 4.85. The smallest absolute Gasteiger partial charge is 0.251 e. The summed E-state index contributed by atoms with van der Waals surface area (Å²) in [6.45, 7) is 1.20. The first-order chi connectivity index (χ1) is 9.75. The molecule has 20 heavy (non-hydrogen) atoms. The van der Waals surface area contributed by atoms with E-state index in [0.29, 0.717) is 18.7 Å². The van der Waals surface area contributed by atoms with Crippen LogP contribution in [0.3, 0.4) is 0 Å². The molecule has 0 bridgehead atoms. The van der Waals surface area contributed by atoms with E-state index in [1.54, 1.807) is 0 Å². The van der Waals surface area contributed by atoms with Crippen molar-refractivity contribution in [3.05, 3.63) is 63.7 Å². The Morgan fingerprint density at radius 2 is 1.90 bits per heavy atom. The first kappa shape index (κ1) is 14.8. The molecule has 0 atom stereocenters. The Morgan fingerprint density at radius 1 is 1.10 bits per heavy atom. The third-order valence-electron chi connectivity index (χ3n) is 2.71. The van der Waals surface area contributed by atoms with Gasteiger partial charge in [-0.05, 0) is 59.3 Å². The molecule has 0 radical (unpaired) electrons. The van der Waals surface area contributed by atoms with Gasteiger partial charge in [-0.15, -0.1) is 0 Å². The van der Waals surface area contributed by atoms with Crippen molar-refractivity contribution in [3.8, 4) is 5.75 Å². The zero-order valence-corrected chi connectivity index (χ0v) is 13.2. The number of amides is 1. The number of carbonyl (C=O) groups excluding carboxylic acids is 1. The Balaban J connectivity index is 1.67. The highest BCUT2D eigenvalue weighted by molar-refractivity contribution is 14.1. The summed E-state index contributed by atoms with van der Waals surface area (Å²) in [5, 5.41) is 2.89. The highest BCUT2D eigenvalue weighted by atomic mass is 127. The summed E-state index contributed by atoms with van der Waals surface area (Å²) in [6.07, 6.45) is 0.782. The Morgan fingerprint density at radius 3 is 2.65 bits per heavy atom. The zero-order valence-electron chi connectivity index (χ0n) is 11.0. The number of hydrogen-bond donors (Lipinski definition) is 1. The van der Waals surface area contributed by atoms with Gasteiger partial charge in [0.2, 0.25) is 0 Å². The standard InChI is InChI=1S/C16H16INO2/c17-14-7-4-6-13(12-14)16(19)18-10-5-11-20-15-8-2-1-3-9-15/h1-4,6-9,12H,5,10-11H2,(H,18,19). The lowest BCUT2D eigenvalue weighted by Gasteiger charge is -2.07. The summed E-state index contributed by atoms with van der Waals surface area (Å²) in [7, 11) is 0. The van der Waals surface area contributed by atoms with Gasteiger partial charge in [0.05, 0.1) is 6.61 Å². The lowest BCUT2D eigenvalue weighted by Crippen LogP contribution is -2.25. The number of carbonyl (C=O) groups is 1. The van der Waals surface area contributed by atoms with Crippen LogP contribution in [0.25, 0.3) is 0 Å². The van der Waals surface area contributed by atoms with Gasteiger partial charge < -0.3 is 10.1 Å². The predicted octanol–water partition coefficient (Wildman–Crippen LogP) is 3.49. The molecule has 0 saturated carbocycles. The van der Waals surface area contributed by atoms with Crippen LogP contribution in [-0.4, -0.2) is 19.1 Å². The molecule has 0 aliphatic heterocycles. The maximum Gasteiger partial charge on any atom is 0.251 e. The average molecular weight is 381 g/mol. The summed E-state index contributed by atoms with van der Waals surface area (Å²) in [5.74, 6) is 0.819. The van der Waals surface area contributed by atoms with Crippen molar-refractivity contribution in [3.63, 3.8) is 0 Å². The van der Waals surface area contributed by atoms with Crippen LogP contribution in [-0.2, 0) is 0 Å². The largest absolute Gasteiger partial charge is 0.494 e. The fourth-order valence-electron chi connectivity index (χ4n) is 1.71. The molecule has 3 nitrogen and oxygen atoms in total. The first-order valence-electron chi connectivity index (χ1n) is 6.47. The third-order valence-corrected chi connectivity index (χ3v) is 3.38. The van der Waals surface area contributed by atoms with E-state index in [-0.39, 0.29) is 5.91 Å². The zero-order chi connectivity index (χ0) is 14.2. The van der Waals surface area contributed by atoms with Crippen molar-refractivity contribution < 1.29 is 9.53 Å². The molecule has 2 aromatic carbocycles. The van der Waals surface area contributed by atoms with Crippen LogP contribution in [0.2, 0.25) is 0 Å². The summed E-state index contributed by atoms with van der Waals surface area (Å²) < 4.78 is 6.62. The van der Waals surface area contributed by atoms with Crippen molar-refractivity contribution in [2.45, 2.75) is 6.42 Å². The maximum atomic E-state index is 11.9. The molecule has 0 fully saturated rings. The van der Waals surface area contributed by atoms with Gasteiger partial charge in [0.15, 0.2) is 0 Å². The van der Waals surface area contributed by atoms with Gasteiger partial charge in [-0.3, -0.25) is 4.79 Å². The van der Waals surface area contributed by atoms with E-state index < -0.39 is 0 Å². The van der Waals surface area contributed by atoms with Gasteiger partial charge in [-0.2, -0.15) is 0 Å². The molecule has 0 saturated heterocycles. The Labute approximate surface area is 132 Å². The van der Waals surface area contributed by atoms with Gasteiger partial charge in [-0.25, -0.2) is 0 Å². The second-order valence-corrected chi connectivity index (χ2v) is 5.53. The quantitative estimate of drug-likeness (QED) is 0.615. The SMILES string of the molecule is O=C(NCCCOc1ccccc1)c1cccc(I)c1. The van der Waals surface area contributed by atoms with Gasteiger partial charge in [0.25, 0.3) is 5.91 Å². The molecule has 0 heterocycles. The number of benzene rings is 2. The Kier molecular flexibility index (Phi) is 5.86. The predicted molar refractivity (Wildman–Crippen MR) is 88.0 cm³/mol. The van der Waals surface area contributed by atoms with E-state index in [0.717, 1.165) is 15.7 Å². The van der Waals surface area contributed by atoms with Crippen molar-refractivity contribution >= 4 is 28.5 Å². The van der Waals surface area contributed by atoms with Gasteiger partial charge in [0.1, 0.15) is 5.75 Å². The molecular weight excluding hydrogens is 365 g/mol. The molecule has 0 unspecified atom stereocenters. The van der Waals surface area contributed by atoms with Gasteiger partial charge in [-0.1, -0.05) is 24.3 Å². The molecule has 2 rings (SSSR count). The number of nitrogens with one attached hydrogen (secondary N) is 1. The fraction of sp³-hybridized carbons (Fsp3) is 0.188. The number of rotatable bonds is 6. The number of ether oxygens (including phenoxy) is 1. The molecule has 1 N–H and O–H groups in total. The van der Waals surface area contributed by atoms with Crippen molar-refractivity contribution in [1.29, 1.82) is 0 Å². The molecular formula is C16H16INO2. The molecule has 0 aliphatic rings. The van der Waals surface area contributed by atoms with Gasteiger partial charge in [0, 0.05) is 15.7 Å². The Bertz CT molecular complexity index is 557. The van der Waals surface area contributed by atoms with Crippen molar-refractivity contribution in [2.24, 2.45) is 0 Å². The van der Waals surface area contributed by atoms with Crippen LogP contribution >= 0.6 is 22.6 Å². The van der Waals surface area contributed by atoms with Crippen molar-refractivity contribution in [1.82, 2.24) is 5.32 Å². The summed E-state index contributed by atoms with van der Waals surface area (Å²) in [4.78, 5) is 11.9. The topological polar surface area (TPSA) is 38.3 Å². The van der Waals surface area contributed by atoms with Gasteiger partial charge >= 0.3 is 0 Å². The molecule has 0 aliphatic carbocycles. The van der Waals surface area contributed by atoms with E-state index in [1.807, 2.05) is 54.6 Å². The summed E-state index contributed by atoms with van der Waals surface area (Å²) in [6, 6.07) is 17.2. The van der Waals surface area contributed by atoms with E-state index in [1.165, 1.54) is 0 Å². The minimum absolute atomic E-state index is 0.0387. The second kappa shape index (κ2) is 7.89. The average Bonchev–Trinajstić information content (AvgIpc) is 2.48. The number of halogens is 1. The minimum Gasteiger partial charge on any atom is -0.494 e. The molecule has 1 amide bonds. The van der Waals surface area contributed by atoms with E-state index >= 15 is 0 Å². The molecule has 4 heteroatoms. The van der Waals surface area contributed by atoms with Crippen LogP contribution in [0.1, 0.15) is 16.8 Å². The van der Waals surface area contributed by atoms with Crippen LogP contribution < -0.4 is 10.1 Å². The molecule has 0 aromatic heterocycles. The van der Waals surface area contributed by atoms with E-state index in [2.05, 4.69) is 27.9 Å². The molecule has 0 spiro atoms. The lowest BCUT2D eigenvalue weighted by molar-refractivity contribution is 0.0951. The number of hydrogen-bond acceptors (Lipinski definition) is 2. The highest BCUT2D eigenvalue weighted by Crippen LogP contribution is 2.09. The summed E-state index contributed by atoms with van der Waals surface area (Å²) in [5.41, 5.74) is 0.695. The van der Waals surface area contributed by atoms with Crippen LogP contribution in [0.4, 0.5) is 0 Å². The van der Waals surface area contributed by atoms with Crippen LogP contribution in [0.15, 0.2) is 54.6 Å². The molecule has 2 aromatic rings. The maximum absolute atomic E-state index is 11.9. The fourth-order valence-corrected chi connectivity index (χ4v) is 2.26. The lowest BCUT2D eigenvalue weighted by atomic mass is 10.2. The number of para-hydroxylation sites is 1. The van der Waals surface area contributed by atoms with Crippen molar-refractivity contribution in [2.75, 3.05) is 13.2 Å². The first-order valence-corrected chi connectivity index (χ1v) is 7.55. The normalized spacial score (nSPS) is 10.1. The van der Waals surface area contributed by atoms with Crippen LogP contribution in [0.5, 0.6) is 5.75 Å². The Hall–Kier alpha value is -1.56. The monoisotopic (exact) mass is 381 g/mol. The second-order valence-electron chi connectivity index (χ2n) is 4.28. The minimum atomic E-state index is -0.0387. The summed E-state index contributed by atoms with van der Waals surface area (Å²) >= 11 is 2.20. The molecule has 104 valence electrons. The van der Waals surface area contributed by atoms with Crippen LogP contribution in [0, 0.1) is 3.57 Å². The van der Waals surface area contributed by atoms with E-state index in [4.69, 9.17) is 4.74 Å². The van der Waals surface area contributed by atoms with E-state index in [9.17, 15) is 4.79 Å². The highest BCUT2D eigenvalue weighted by Gasteiger charge is 2.04.